The second kappa shape index (κ2) is 9.52. The van der Waals surface area contributed by atoms with E-state index in [1.165, 1.54) is 13.3 Å². The number of carbonyl (C=O) groups excluding carboxylic acids is 1. The molecule has 2 N–H and O–H groups in total. The van der Waals surface area contributed by atoms with Crippen molar-refractivity contribution in [2.45, 2.75) is 0 Å². The van der Waals surface area contributed by atoms with Crippen LogP contribution in [0.25, 0.3) is 27.7 Å². The quantitative estimate of drug-likeness (QED) is 0.269. The number of aromatic nitrogens is 2. The number of phenolic OH excluding ortho intramolecular Hbond substituents is 1. The van der Waals surface area contributed by atoms with Crippen molar-refractivity contribution in [3.63, 3.8) is 0 Å². The number of amides is 1. The van der Waals surface area contributed by atoms with Gasteiger partial charge in [-0.3, -0.25) is 4.79 Å². The number of hydrazone groups is 1. The van der Waals surface area contributed by atoms with Crippen LogP contribution in [-0.4, -0.2) is 34.1 Å². The van der Waals surface area contributed by atoms with E-state index in [0.29, 0.717) is 11.3 Å². The minimum atomic E-state index is -0.472. The molecule has 0 saturated heterocycles. The molecule has 0 atom stereocenters. The maximum Gasteiger partial charge on any atom is 0.291 e. The number of aromatic hydroxyl groups is 1. The van der Waals surface area contributed by atoms with Gasteiger partial charge in [-0.1, -0.05) is 60.7 Å². The minimum Gasteiger partial charge on any atom is -0.504 e. The highest BCUT2D eigenvalue weighted by Crippen LogP contribution is 2.29. The molecule has 1 aromatic heterocycles. The SMILES string of the molecule is COc1cccc(/C=N\NC(=O)c2cc(-c3ccc4ccccc4c3)n(-c3ccccc3)n2)c1O. The lowest BCUT2D eigenvalue weighted by Crippen LogP contribution is -2.18. The van der Waals surface area contributed by atoms with Crippen molar-refractivity contribution in [3.8, 4) is 28.4 Å². The van der Waals surface area contributed by atoms with Gasteiger partial charge >= 0.3 is 0 Å². The van der Waals surface area contributed by atoms with Crippen molar-refractivity contribution in [3.05, 3.63) is 108 Å². The smallest absolute Gasteiger partial charge is 0.291 e. The molecule has 5 rings (SSSR count). The van der Waals surface area contributed by atoms with Crippen molar-refractivity contribution in [2.75, 3.05) is 7.11 Å². The Kier molecular flexibility index (Phi) is 5.96. The molecule has 0 radical (unpaired) electrons. The average molecular weight is 463 g/mol. The standard InChI is InChI=1S/C28H22N4O3/c1-35-26-13-7-10-22(27(26)33)18-29-30-28(34)24-17-25(32(31-24)23-11-3-2-4-12-23)21-15-14-19-8-5-6-9-20(19)16-21/h2-18,33H,1H3,(H,30,34)/b29-18-. The van der Waals surface area contributed by atoms with Gasteiger partial charge in [-0.2, -0.15) is 10.2 Å². The first-order chi connectivity index (χ1) is 17.1. The first-order valence-corrected chi connectivity index (χ1v) is 11.0. The first kappa shape index (κ1) is 21.9. The van der Waals surface area contributed by atoms with E-state index in [4.69, 9.17) is 4.74 Å². The number of rotatable bonds is 6. The van der Waals surface area contributed by atoms with Crippen LogP contribution in [0.2, 0.25) is 0 Å². The van der Waals surface area contributed by atoms with Crippen LogP contribution in [0.5, 0.6) is 11.5 Å². The van der Waals surface area contributed by atoms with Gasteiger partial charge in [0.2, 0.25) is 0 Å². The number of methoxy groups -OCH3 is 1. The lowest BCUT2D eigenvalue weighted by Gasteiger charge is -2.08. The number of ether oxygens (including phenoxy) is 1. The summed E-state index contributed by atoms with van der Waals surface area (Å²) in [6.45, 7) is 0. The molecule has 7 nitrogen and oxygen atoms in total. The third kappa shape index (κ3) is 4.47. The van der Waals surface area contributed by atoms with Gasteiger partial charge < -0.3 is 9.84 Å². The van der Waals surface area contributed by atoms with E-state index in [0.717, 1.165) is 27.7 Å². The average Bonchev–Trinajstić information content (AvgIpc) is 3.36. The van der Waals surface area contributed by atoms with Gasteiger partial charge in [0.1, 0.15) is 0 Å². The highest BCUT2D eigenvalue weighted by molar-refractivity contribution is 5.95. The Bertz CT molecular complexity index is 1540. The predicted molar refractivity (Wildman–Crippen MR) is 136 cm³/mol. The fourth-order valence-corrected chi connectivity index (χ4v) is 3.84. The van der Waals surface area contributed by atoms with Crippen LogP contribution in [0.1, 0.15) is 16.1 Å². The molecule has 4 aromatic carbocycles. The van der Waals surface area contributed by atoms with Gasteiger partial charge in [0, 0.05) is 11.1 Å². The molecule has 0 bridgehead atoms. The Labute approximate surface area is 201 Å². The van der Waals surface area contributed by atoms with E-state index in [2.05, 4.69) is 39.9 Å². The Morgan fingerprint density at radius 1 is 0.943 bits per heavy atom. The summed E-state index contributed by atoms with van der Waals surface area (Å²) in [6, 6.07) is 30.7. The first-order valence-electron chi connectivity index (χ1n) is 11.0. The van der Waals surface area contributed by atoms with Crippen LogP contribution >= 0.6 is 0 Å². The Balaban J connectivity index is 1.48. The molecule has 0 aliphatic rings. The molecular formula is C28H22N4O3. The van der Waals surface area contributed by atoms with E-state index in [1.807, 2.05) is 48.5 Å². The predicted octanol–water partition coefficient (Wildman–Crippen LogP) is 5.17. The summed E-state index contributed by atoms with van der Waals surface area (Å²) >= 11 is 0. The normalized spacial score (nSPS) is 11.1. The minimum absolute atomic E-state index is 0.0556. The second-order valence-corrected chi connectivity index (χ2v) is 7.82. The van der Waals surface area contributed by atoms with Gasteiger partial charge in [-0.15, -0.1) is 0 Å². The number of hydrogen-bond donors (Lipinski definition) is 2. The molecule has 0 aliphatic heterocycles. The van der Waals surface area contributed by atoms with Crippen LogP contribution in [0, 0.1) is 0 Å². The summed E-state index contributed by atoms with van der Waals surface area (Å²) in [6.07, 6.45) is 1.36. The Hall–Kier alpha value is -4.91. The van der Waals surface area contributed by atoms with Crippen LogP contribution in [0.15, 0.2) is 102 Å². The molecule has 35 heavy (non-hydrogen) atoms. The van der Waals surface area contributed by atoms with E-state index in [9.17, 15) is 9.90 Å². The zero-order chi connectivity index (χ0) is 24.2. The van der Waals surface area contributed by atoms with Gasteiger partial charge in [-0.05, 0) is 47.2 Å². The van der Waals surface area contributed by atoms with Gasteiger partial charge in [-0.25, -0.2) is 10.1 Å². The molecule has 0 unspecified atom stereocenters. The fourth-order valence-electron chi connectivity index (χ4n) is 3.84. The Morgan fingerprint density at radius 2 is 1.71 bits per heavy atom. The summed E-state index contributed by atoms with van der Waals surface area (Å²) in [5, 5.41) is 21.0. The van der Waals surface area contributed by atoms with Crippen molar-refractivity contribution in [2.24, 2.45) is 5.10 Å². The molecule has 0 fully saturated rings. The highest BCUT2D eigenvalue weighted by Gasteiger charge is 2.17. The number of nitrogens with zero attached hydrogens (tertiary/aromatic N) is 3. The number of nitrogens with one attached hydrogen (secondary N) is 1. The van der Waals surface area contributed by atoms with E-state index in [-0.39, 0.29) is 11.4 Å². The molecule has 7 heteroatoms. The molecule has 0 saturated carbocycles. The summed E-state index contributed by atoms with van der Waals surface area (Å²) in [5.41, 5.74) is 5.66. The Morgan fingerprint density at radius 3 is 2.51 bits per heavy atom. The number of fused-ring (bicyclic) bond motifs is 1. The van der Waals surface area contributed by atoms with Crippen LogP contribution in [0.4, 0.5) is 0 Å². The van der Waals surface area contributed by atoms with Crippen LogP contribution < -0.4 is 10.2 Å². The molecule has 0 spiro atoms. The fraction of sp³-hybridized carbons (Fsp3) is 0.0357. The van der Waals surface area contributed by atoms with E-state index in [1.54, 1.807) is 28.9 Å². The maximum atomic E-state index is 12.9. The molecule has 0 aliphatic carbocycles. The van der Waals surface area contributed by atoms with Gasteiger partial charge in [0.15, 0.2) is 17.2 Å². The number of carbonyl (C=O) groups is 1. The zero-order valence-corrected chi connectivity index (χ0v) is 18.9. The molecular weight excluding hydrogens is 440 g/mol. The van der Waals surface area contributed by atoms with E-state index < -0.39 is 5.91 Å². The number of phenols is 1. The second-order valence-electron chi connectivity index (χ2n) is 7.82. The maximum absolute atomic E-state index is 12.9. The summed E-state index contributed by atoms with van der Waals surface area (Å²) in [5.74, 6) is -0.206. The number of hydrogen-bond acceptors (Lipinski definition) is 5. The van der Waals surface area contributed by atoms with Crippen LogP contribution in [-0.2, 0) is 0 Å². The largest absolute Gasteiger partial charge is 0.504 e. The van der Waals surface area contributed by atoms with Gasteiger partial charge in [0.25, 0.3) is 5.91 Å². The van der Waals surface area contributed by atoms with E-state index >= 15 is 0 Å². The van der Waals surface area contributed by atoms with Crippen molar-refractivity contribution in [1.29, 1.82) is 0 Å². The summed E-state index contributed by atoms with van der Waals surface area (Å²) in [4.78, 5) is 12.9. The lowest BCUT2D eigenvalue weighted by atomic mass is 10.0. The summed E-state index contributed by atoms with van der Waals surface area (Å²) < 4.78 is 6.84. The third-order valence-corrected chi connectivity index (χ3v) is 5.61. The third-order valence-electron chi connectivity index (χ3n) is 5.61. The lowest BCUT2D eigenvalue weighted by molar-refractivity contribution is 0.0949. The molecule has 1 heterocycles. The molecule has 1 amide bonds. The topological polar surface area (TPSA) is 88.7 Å². The molecule has 172 valence electrons. The number of para-hydroxylation sites is 2. The van der Waals surface area contributed by atoms with Crippen LogP contribution in [0.3, 0.4) is 0 Å². The van der Waals surface area contributed by atoms with Crippen molar-refractivity contribution >= 4 is 22.9 Å². The van der Waals surface area contributed by atoms with Crippen molar-refractivity contribution < 1.29 is 14.6 Å². The number of benzene rings is 4. The van der Waals surface area contributed by atoms with Gasteiger partial charge in [0.05, 0.1) is 24.7 Å². The highest BCUT2D eigenvalue weighted by atomic mass is 16.5. The molecule has 5 aromatic rings. The van der Waals surface area contributed by atoms with Crippen molar-refractivity contribution in [1.82, 2.24) is 15.2 Å². The summed E-state index contributed by atoms with van der Waals surface area (Å²) in [7, 11) is 1.47. The monoisotopic (exact) mass is 462 g/mol. The zero-order valence-electron chi connectivity index (χ0n) is 18.9.